The number of hydrogen-bond donors (Lipinski definition) is 4. The van der Waals surface area contributed by atoms with Crippen molar-refractivity contribution in [3.05, 3.63) is 29.8 Å². The van der Waals surface area contributed by atoms with Crippen LogP contribution in [0.1, 0.15) is 11.6 Å². The Morgan fingerprint density at radius 2 is 1.90 bits per heavy atom. The number of phenolic OH excluding ortho intramolecular Hbond substituents is 1. The van der Waals surface area contributed by atoms with Gasteiger partial charge in [0.15, 0.2) is 0 Å². The highest BCUT2D eigenvalue weighted by atomic mass is 16.3. The fourth-order valence-electron chi connectivity index (χ4n) is 2.19. The second-order valence-corrected chi connectivity index (χ2v) is 4.80. The molecule has 1 fully saturated rings. The number of benzene rings is 1. The van der Waals surface area contributed by atoms with E-state index < -0.39 is 6.04 Å². The van der Waals surface area contributed by atoms with Crippen molar-refractivity contribution in [2.75, 3.05) is 26.2 Å². The van der Waals surface area contributed by atoms with Crippen LogP contribution in [0.5, 0.6) is 5.75 Å². The molecular weight excluding hydrogens is 272 g/mol. The summed E-state index contributed by atoms with van der Waals surface area (Å²) in [5.41, 5.74) is 8.88. The van der Waals surface area contributed by atoms with E-state index in [0.717, 1.165) is 0 Å². The molecule has 2 rings (SSSR count). The van der Waals surface area contributed by atoms with Gasteiger partial charge in [-0.1, -0.05) is 12.1 Å². The van der Waals surface area contributed by atoms with Crippen LogP contribution in [0.4, 0.5) is 0 Å². The number of hydrazine groups is 1. The smallest absolute Gasteiger partial charge is 0.244 e. The third kappa shape index (κ3) is 3.83. The number of piperazine rings is 1. The molecule has 1 amide bonds. The second kappa shape index (κ2) is 6.91. The summed E-state index contributed by atoms with van der Waals surface area (Å²) < 4.78 is 0. The highest BCUT2D eigenvalue weighted by Gasteiger charge is 2.25. The van der Waals surface area contributed by atoms with Crippen LogP contribution >= 0.6 is 0 Å². The van der Waals surface area contributed by atoms with E-state index in [1.165, 1.54) is 12.1 Å². The summed E-state index contributed by atoms with van der Waals surface area (Å²) in [5.74, 6) is 5.10. The maximum Gasteiger partial charge on any atom is 0.244 e. The molecule has 0 bridgehead atoms. The normalized spacial score (nSPS) is 17.0. The summed E-state index contributed by atoms with van der Waals surface area (Å²) >= 11 is 0. The van der Waals surface area contributed by atoms with Crippen LogP contribution in [0.3, 0.4) is 0 Å². The molecular formula is C13H20N6O2. The van der Waals surface area contributed by atoms with Crippen LogP contribution in [0, 0.1) is 0 Å². The lowest BCUT2D eigenvalue weighted by Gasteiger charge is -2.34. The molecule has 21 heavy (non-hydrogen) atoms. The fourth-order valence-corrected chi connectivity index (χ4v) is 2.19. The van der Waals surface area contributed by atoms with Crippen LogP contribution in [0.25, 0.3) is 0 Å². The first-order chi connectivity index (χ1) is 10.1. The molecule has 8 heteroatoms. The molecule has 1 saturated heterocycles. The predicted octanol–water partition coefficient (Wildman–Crippen LogP) is -1.06. The Balaban J connectivity index is 1.92. The minimum atomic E-state index is -0.712. The Labute approximate surface area is 123 Å². The van der Waals surface area contributed by atoms with Gasteiger partial charge in [-0.2, -0.15) is 5.10 Å². The molecule has 1 aromatic carbocycles. The van der Waals surface area contributed by atoms with Gasteiger partial charge in [0.25, 0.3) is 0 Å². The molecule has 1 unspecified atom stereocenters. The van der Waals surface area contributed by atoms with Gasteiger partial charge in [-0.25, -0.2) is 11.4 Å². The van der Waals surface area contributed by atoms with E-state index in [0.29, 0.717) is 31.7 Å². The molecule has 1 atom stereocenters. The number of carbonyl (C=O) groups is 1. The molecule has 114 valence electrons. The Kier molecular flexibility index (Phi) is 4.96. The van der Waals surface area contributed by atoms with Crippen LogP contribution in [-0.2, 0) is 4.79 Å². The zero-order valence-electron chi connectivity index (χ0n) is 11.6. The van der Waals surface area contributed by atoms with Gasteiger partial charge in [-0.3, -0.25) is 4.79 Å². The highest BCUT2D eigenvalue weighted by Crippen LogP contribution is 2.17. The van der Waals surface area contributed by atoms with E-state index >= 15 is 0 Å². The van der Waals surface area contributed by atoms with Crippen molar-refractivity contribution in [1.29, 1.82) is 0 Å². The summed E-state index contributed by atoms with van der Waals surface area (Å²) in [4.78, 5) is 16.1. The van der Waals surface area contributed by atoms with Crippen molar-refractivity contribution in [3.63, 3.8) is 0 Å². The number of nitrogens with two attached hydrogens (primary N) is 2. The summed E-state index contributed by atoms with van der Waals surface area (Å²) in [6.07, 6.45) is 1.61. The third-order valence-electron chi connectivity index (χ3n) is 3.44. The lowest BCUT2D eigenvalue weighted by atomic mass is 10.1. The van der Waals surface area contributed by atoms with E-state index in [-0.39, 0.29) is 11.7 Å². The number of rotatable bonds is 4. The lowest BCUT2D eigenvalue weighted by molar-refractivity contribution is -0.134. The summed E-state index contributed by atoms with van der Waals surface area (Å²) in [7, 11) is 0. The predicted molar refractivity (Wildman–Crippen MR) is 79.0 cm³/mol. The number of carbonyl (C=O) groups excluding carboxylic acids is 1. The standard InChI is InChI=1S/C13H20N6O2/c14-12(10-1-3-11(20)4-2-10)13(21)19-7-5-18(6-8-19)9-16-17-15/h1-4,9,12,17,20H,5-8,14-15H2. The first kappa shape index (κ1) is 15.1. The van der Waals surface area contributed by atoms with E-state index in [2.05, 4.69) is 10.6 Å². The van der Waals surface area contributed by atoms with E-state index in [1.807, 2.05) is 4.90 Å². The summed E-state index contributed by atoms with van der Waals surface area (Å²) in [6.45, 7) is 2.53. The van der Waals surface area contributed by atoms with Gasteiger partial charge in [0.05, 0.1) is 0 Å². The maximum atomic E-state index is 12.4. The molecule has 0 aromatic heterocycles. The van der Waals surface area contributed by atoms with Crippen molar-refractivity contribution in [2.45, 2.75) is 6.04 Å². The molecule has 0 radical (unpaired) electrons. The van der Waals surface area contributed by atoms with E-state index in [1.54, 1.807) is 23.4 Å². The Morgan fingerprint density at radius 3 is 2.48 bits per heavy atom. The Hall–Kier alpha value is -2.32. The zero-order chi connectivity index (χ0) is 15.2. The first-order valence-corrected chi connectivity index (χ1v) is 6.68. The highest BCUT2D eigenvalue weighted by molar-refractivity contribution is 5.83. The summed E-state index contributed by atoms with van der Waals surface area (Å²) in [6, 6.07) is 5.66. The summed E-state index contributed by atoms with van der Waals surface area (Å²) in [5, 5.41) is 13.0. The van der Waals surface area contributed by atoms with Gasteiger partial charge in [-0.15, -0.1) is 0 Å². The van der Waals surface area contributed by atoms with Crippen LogP contribution in [0.15, 0.2) is 29.4 Å². The Bertz CT molecular complexity index is 496. The van der Waals surface area contributed by atoms with Gasteiger partial charge in [0.1, 0.15) is 18.1 Å². The minimum absolute atomic E-state index is 0.116. The number of hydrazone groups is 1. The first-order valence-electron chi connectivity index (χ1n) is 6.68. The molecule has 1 aliphatic rings. The molecule has 0 aliphatic carbocycles. The van der Waals surface area contributed by atoms with Crippen LogP contribution in [-0.4, -0.2) is 53.3 Å². The zero-order valence-corrected chi connectivity index (χ0v) is 11.6. The average molecular weight is 292 g/mol. The number of hydrogen-bond acceptors (Lipinski definition) is 6. The van der Waals surface area contributed by atoms with Crippen molar-refractivity contribution < 1.29 is 9.90 Å². The molecule has 1 aliphatic heterocycles. The fraction of sp³-hybridized carbons (Fsp3) is 0.385. The lowest BCUT2D eigenvalue weighted by Crippen LogP contribution is -2.50. The number of phenols is 1. The van der Waals surface area contributed by atoms with Crippen LogP contribution in [0.2, 0.25) is 0 Å². The quantitative estimate of drug-likeness (QED) is 0.243. The number of aromatic hydroxyl groups is 1. The third-order valence-corrected chi connectivity index (χ3v) is 3.44. The largest absolute Gasteiger partial charge is 0.508 e. The van der Waals surface area contributed by atoms with Crippen molar-refractivity contribution >= 4 is 12.2 Å². The van der Waals surface area contributed by atoms with E-state index in [9.17, 15) is 9.90 Å². The average Bonchev–Trinajstić information content (AvgIpc) is 2.53. The topological polar surface area (TPSA) is 120 Å². The Morgan fingerprint density at radius 1 is 1.29 bits per heavy atom. The number of nitrogens with zero attached hydrogens (tertiary/aromatic N) is 3. The molecule has 0 saturated carbocycles. The van der Waals surface area contributed by atoms with E-state index in [4.69, 9.17) is 11.6 Å². The SMILES string of the molecule is NNN=CN1CCN(C(=O)C(N)c2ccc(O)cc2)CC1. The van der Waals surface area contributed by atoms with Crippen molar-refractivity contribution in [3.8, 4) is 5.75 Å². The molecule has 1 heterocycles. The van der Waals surface area contributed by atoms with Gasteiger partial charge in [-0.05, 0) is 17.7 Å². The number of amides is 1. The van der Waals surface area contributed by atoms with Gasteiger partial charge >= 0.3 is 0 Å². The second-order valence-electron chi connectivity index (χ2n) is 4.80. The minimum Gasteiger partial charge on any atom is -0.508 e. The molecule has 0 spiro atoms. The molecule has 6 N–H and O–H groups in total. The van der Waals surface area contributed by atoms with Gasteiger partial charge < -0.3 is 20.6 Å². The van der Waals surface area contributed by atoms with Crippen molar-refractivity contribution in [1.82, 2.24) is 15.3 Å². The maximum absolute atomic E-state index is 12.4. The van der Waals surface area contributed by atoms with Gasteiger partial charge in [0.2, 0.25) is 5.91 Å². The molecule has 1 aromatic rings. The van der Waals surface area contributed by atoms with Gasteiger partial charge in [0, 0.05) is 26.2 Å². The molecule has 8 nitrogen and oxygen atoms in total. The monoisotopic (exact) mass is 292 g/mol. The number of nitrogens with one attached hydrogen (secondary N) is 1. The van der Waals surface area contributed by atoms with Crippen LogP contribution < -0.4 is 17.1 Å². The van der Waals surface area contributed by atoms with Crippen molar-refractivity contribution in [2.24, 2.45) is 16.7 Å².